The van der Waals surface area contributed by atoms with Gasteiger partial charge < -0.3 is 13.9 Å². The SMILES string of the molecule is CC(C)(C)OC(=O)COCCO[Si](C)(C)C. The number of carbonyl (C=O) groups excluding carboxylic acids is 1. The van der Waals surface area contributed by atoms with Crippen LogP contribution in [-0.4, -0.2) is 39.7 Å². The van der Waals surface area contributed by atoms with Gasteiger partial charge in [0.05, 0.1) is 13.2 Å². The summed E-state index contributed by atoms with van der Waals surface area (Å²) in [6, 6.07) is 0. The van der Waals surface area contributed by atoms with Crippen LogP contribution < -0.4 is 0 Å². The van der Waals surface area contributed by atoms with Crippen molar-refractivity contribution in [3.63, 3.8) is 0 Å². The largest absolute Gasteiger partial charge is 0.458 e. The maximum absolute atomic E-state index is 11.2. The van der Waals surface area contributed by atoms with Crippen LogP contribution in [-0.2, 0) is 18.7 Å². The van der Waals surface area contributed by atoms with Gasteiger partial charge in [-0.2, -0.15) is 0 Å². The van der Waals surface area contributed by atoms with Crippen LogP contribution >= 0.6 is 0 Å². The van der Waals surface area contributed by atoms with Crippen LogP contribution in [0.25, 0.3) is 0 Å². The molecule has 0 unspecified atom stereocenters. The highest BCUT2D eigenvalue weighted by molar-refractivity contribution is 6.69. The quantitative estimate of drug-likeness (QED) is 0.411. The fourth-order valence-corrected chi connectivity index (χ4v) is 1.63. The van der Waals surface area contributed by atoms with E-state index in [-0.39, 0.29) is 12.6 Å². The minimum Gasteiger partial charge on any atom is -0.458 e. The van der Waals surface area contributed by atoms with Gasteiger partial charge >= 0.3 is 5.97 Å². The second kappa shape index (κ2) is 6.37. The van der Waals surface area contributed by atoms with Gasteiger partial charge in [-0.05, 0) is 40.4 Å². The molecule has 0 heterocycles. The summed E-state index contributed by atoms with van der Waals surface area (Å²) in [4.78, 5) is 11.2. The van der Waals surface area contributed by atoms with Gasteiger partial charge in [0.25, 0.3) is 0 Å². The van der Waals surface area contributed by atoms with Gasteiger partial charge in [-0.3, -0.25) is 0 Å². The Morgan fingerprint density at radius 2 is 1.69 bits per heavy atom. The molecule has 0 saturated heterocycles. The summed E-state index contributed by atoms with van der Waals surface area (Å²) in [6.45, 7) is 12.8. The van der Waals surface area contributed by atoms with Gasteiger partial charge in [-0.1, -0.05) is 0 Å². The molecule has 0 aromatic rings. The minimum atomic E-state index is -1.47. The number of carbonyl (C=O) groups is 1. The smallest absolute Gasteiger partial charge is 0.332 e. The van der Waals surface area contributed by atoms with Crippen molar-refractivity contribution in [2.45, 2.75) is 46.0 Å². The van der Waals surface area contributed by atoms with E-state index in [4.69, 9.17) is 13.9 Å². The van der Waals surface area contributed by atoms with E-state index in [9.17, 15) is 4.79 Å². The van der Waals surface area contributed by atoms with Gasteiger partial charge in [-0.15, -0.1) is 0 Å². The van der Waals surface area contributed by atoms with Crippen molar-refractivity contribution in [3.05, 3.63) is 0 Å². The van der Waals surface area contributed by atoms with E-state index < -0.39 is 13.9 Å². The van der Waals surface area contributed by atoms with Crippen molar-refractivity contribution in [1.82, 2.24) is 0 Å². The molecule has 0 aliphatic heterocycles. The fourth-order valence-electron chi connectivity index (χ4n) is 0.933. The molecular weight excluding hydrogens is 224 g/mol. The van der Waals surface area contributed by atoms with E-state index in [1.807, 2.05) is 20.8 Å². The molecule has 0 aliphatic carbocycles. The molecule has 0 spiro atoms. The number of esters is 1. The highest BCUT2D eigenvalue weighted by atomic mass is 28.4. The summed E-state index contributed by atoms with van der Waals surface area (Å²) in [5, 5.41) is 0. The summed E-state index contributed by atoms with van der Waals surface area (Å²) in [7, 11) is -1.47. The van der Waals surface area contributed by atoms with Gasteiger partial charge in [0.1, 0.15) is 12.2 Å². The summed E-state index contributed by atoms with van der Waals surface area (Å²) in [5.41, 5.74) is -0.449. The standard InChI is InChI=1S/C11H24O4Si/c1-11(2,3)15-10(12)9-13-7-8-14-16(4,5)6/h7-9H2,1-6H3. The van der Waals surface area contributed by atoms with Crippen LogP contribution in [0.4, 0.5) is 0 Å². The molecule has 0 saturated carbocycles. The molecule has 0 amide bonds. The van der Waals surface area contributed by atoms with Crippen LogP contribution in [0.5, 0.6) is 0 Å². The lowest BCUT2D eigenvalue weighted by Gasteiger charge is -2.20. The van der Waals surface area contributed by atoms with E-state index in [1.54, 1.807) is 0 Å². The van der Waals surface area contributed by atoms with E-state index in [1.165, 1.54) is 0 Å². The zero-order chi connectivity index (χ0) is 12.8. The molecule has 0 N–H and O–H groups in total. The van der Waals surface area contributed by atoms with Gasteiger partial charge in [-0.25, -0.2) is 4.79 Å². The van der Waals surface area contributed by atoms with Crippen molar-refractivity contribution in [2.24, 2.45) is 0 Å². The van der Waals surface area contributed by atoms with Crippen molar-refractivity contribution in [1.29, 1.82) is 0 Å². The van der Waals surface area contributed by atoms with E-state index >= 15 is 0 Å². The highest BCUT2D eigenvalue weighted by Gasteiger charge is 2.16. The van der Waals surface area contributed by atoms with Crippen LogP contribution in [0.15, 0.2) is 0 Å². The normalized spacial score (nSPS) is 12.6. The molecule has 4 nitrogen and oxygen atoms in total. The molecule has 0 aliphatic rings. The maximum atomic E-state index is 11.2. The molecular formula is C11H24O4Si. The first-order chi connectivity index (χ1) is 7.10. The number of rotatable bonds is 6. The Balaban J connectivity index is 3.50. The lowest BCUT2D eigenvalue weighted by molar-refractivity contribution is -0.160. The second-order valence-corrected chi connectivity index (χ2v) is 10.1. The zero-order valence-electron chi connectivity index (χ0n) is 11.3. The van der Waals surface area contributed by atoms with Crippen LogP contribution in [0.3, 0.4) is 0 Å². The molecule has 0 rings (SSSR count). The zero-order valence-corrected chi connectivity index (χ0v) is 12.3. The van der Waals surface area contributed by atoms with Crippen LogP contribution in [0.2, 0.25) is 19.6 Å². The first-order valence-electron chi connectivity index (χ1n) is 5.54. The molecule has 5 heteroatoms. The summed E-state index contributed by atoms with van der Waals surface area (Å²) < 4.78 is 15.8. The third kappa shape index (κ3) is 11.7. The van der Waals surface area contributed by atoms with Crippen molar-refractivity contribution < 1.29 is 18.7 Å². The van der Waals surface area contributed by atoms with E-state index in [2.05, 4.69) is 19.6 Å². The van der Waals surface area contributed by atoms with Crippen molar-refractivity contribution >= 4 is 14.3 Å². The van der Waals surface area contributed by atoms with Gasteiger partial charge in [0.15, 0.2) is 8.32 Å². The van der Waals surface area contributed by atoms with Crippen LogP contribution in [0, 0.1) is 0 Å². The van der Waals surface area contributed by atoms with E-state index in [0.717, 1.165) is 0 Å². The molecule has 96 valence electrons. The van der Waals surface area contributed by atoms with E-state index in [0.29, 0.717) is 13.2 Å². The minimum absolute atomic E-state index is 0.00761. The lowest BCUT2D eigenvalue weighted by Crippen LogP contribution is -2.29. The molecule has 0 fully saturated rings. The predicted molar refractivity (Wildman–Crippen MR) is 66.0 cm³/mol. The summed E-state index contributed by atoms with van der Waals surface area (Å²) in [6.07, 6.45) is 0. The maximum Gasteiger partial charge on any atom is 0.332 e. The molecule has 0 atom stereocenters. The Hall–Kier alpha value is -0.393. The molecule has 0 bridgehead atoms. The monoisotopic (exact) mass is 248 g/mol. The number of hydrogen-bond donors (Lipinski definition) is 0. The average molecular weight is 248 g/mol. The summed E-state index contributed by atoms with van der Waals surface area (Å²) in [5.74, 6) is -0.333. The third-order valence-corrected chi connectivity index (χ3v) is 2.47. The molecule has 0 aromatic carbocycles. The Morgan fingerprint density at radius 3 is 2.12 bits per heavy atom. The van der Waals surface area contributed by atoms with Gasteiger partial charge in [0, 0.05) is 0 Å². The summed E-state index contributed by atoms with van der Waals surface area (Å²) >= 11 is 0. The predicted octanol–water partition coefficient (Wildman–Crippen LogP) is 2.20. The first-order valence-corrected chi connectivity index (χ1v) is 8.94. The molecule has 0 aromatic heterocycles. The Morgan fingerprint density at radius 1 is 1.12 bits per heavy atom. The van der Waals surface area contributed by atoms with Crippen LogP contribution in [0.1, 0.15) is 20.8 Å². The Bertz CT molecular complexity index is 215. The highest BCUT2D eigenvalue weighted by Crippen LogP contribution is 2.06. The lowest BCUT2D eigenvalue weighted by atomic mass is 10.2. The topological polar surface area (TPSA) is 44.8 Å². The Labute approximate surface area is 99.4 Å². The fraction of sp³-hybridized carbons (Fsp3) is 0.909. The average Bonchev–Trinajstić information content (AvgIpc) is 1.97. The second-order valence-electron chi connectivity index (χ2n) is 5.60. The van der Waals surface area contributed by atoms with Gasteiger partial charge in [0.2, 0.25) is 0 Å². The Kier molecular flexibility index (Phi) is 6.21. The third-order valence-electron chi connectivity index (χ3n) is 1.40. The van der Waals surface area contributed by atoms with Crippen molar-refractivity contribution in [2.75, 3.05) is 19.8 Å². The number of ether oxygens (including phenoxy) is 2. The molecule has 16 heavy (non-hydrogen) atoms. The van der Waals surface area contributed by atoms with Crippen molar-refractivity contribution in [3.8, 4) is 0 Å². The first kappa shape index (κ1) is 15.6. The molecule has 0 radical (unpaired) electrons. The number of hydrogen-bond acceptors (Lipinski definition) is 4.